The minimum Gasteiger partial charge on any atom is -0.368 e. The van der Waals surface area contributed by atoms with Crippen molar-refractivity contribution in [2.75, 3.05) is 37.6 Å². The fraction of sp³-hybridized carbons (Fsp3) is 0.600. The standard InChI is InChI=1S/C20H27ClN4O2/c21-15-3-5-16(6-4-15)24-7-9-25(10-8-24)17(26)12-23-20(27)18-13-1-2-14(11-13)19(18)22/h3-6,13-14,18-19H,1-2,7-12,22H2,(H,23,27). The smallest absolute Gasteiger partial charge is 0.242 e. The maximum absolute atomic E-state index is 12.5. The number of halogens is 1. The summed E-state index contributed by atoms with van der Waals surface area (Å²) in [6.07, 6.45) is 3.31. The van der Waals surface area contributed by atoms with E-state index in [0.717, 1.165) is 43.1 Å². The molecule has 27 heavy (non-hydrogen) atoms. The molecule has 2 saturated carbocycles. The number of hydrogen-bond donors (Lipinski definition) is 2. The lowest BCUT2D eigenvalue weighted by molar-refractivity contribution is -0.134. The van der Waals surface area contributed by atoms with Crippen LogP contribution in [-0.4, -0.2) is 55.5 Å². The number of carbonyl (C=O) groups is 2. The molecule has 4 atom stereocenters. The average Bonchev–Trinajstić information content (AvgIpc) is 3.28. The summed E-state index contributed by atoms with van der Waals surface area (Å²) in [7, 11) is 0. The number of amides is 2. The molecule has 1 heterocycles. The van der Waals surface area contributed by atoms with Gasteiger partial charge in [0.05, 0.1) is 12.5 Å². The summed E-state index contributed by atoms with van der Waals surface area (Å²) in [4.78, 5) is 29.1. The predicted octanol–water partition coefficient (Wildman–Crippen LogP) is 1.48. The Kier molecular flexibility index (Phi) is 5.28. The molecule has 2 aliphatic carbocycles. The van der Waals surface area contributed by atoms with Crippen molar-refractivity contribution in [1.29, 1.82) is 0 Å². The lowest BCUT2D eigenvalue weighted by Gasteiger charge is -2.36. The molecule has 0 radical (unpaired) electrons. The van der Waals surface area contributed by atoms with Gasteiger partial charge in [-0.05, 0) is 55.4 Å². The van der Waals surface area contributed by atoms with Crippen LogP contribution in [0.15, 0.2) is 24.3 Å². The Bertz CT molecular complexity index is 700. The Morgan fingerprint density at radius 3 is 2.37 bits per heavy atom. The van der Waals surface area contributed by atoms with E-state index in [9.17, 15) is 9.59 Å². The zero-order valence-corrected chi connectivity index (χ0v) is 16.2. The zero-order chi connectivity index (χ0) is 19.0. The highest BCUT2D eigenvalue weighted by molar-refractivity contribution is 6.30. The molecule has 1 aromatic carbocycles. The van der Waals surface area contributed by atoms with Crippen molar-refractivity contribution in [3.05, 3.63) is 29.3 Å². The third kappa shape index (κ3) is 3.78. The molecule has 4 unspecified atom stereocenters. The van der Waals surface area contributed by atoms with Crippen molar-refractivity contribution in [2.45, 2.75) is 25.3 Å². The number of hydrogen-bond acceptors (Lipinski definition) is 4. The second-order valence-electron chi connectivity index (χ2n) is 8.00. The first kappa shape index (κ1) is 18.6. The van der Waals surface area contributed by atoms with Crippen molar-refractivity contribution in [1.82, 2.24) is 10.2 Å². The average molecular weight is 391 g/mol. The molecule has 4 rings (SSSR count). The van der Waals surface area contributed by atoms with Crippen LogP contribution < -0.4 is 16.0 Å². The number of nitrogens with zero attached hydrogens (tertiary/aromatic N) is 2. The molecule has 6 nitrogen and oxygen atoms in total. The van der Waals surface area contributed by atoms with Gasteiger partial charge in [0.2, 0.25) is 11.8 Å². The van der Waals surface area contributed by atoms with Gasteiger partial charge in [0.25, 0.3) is 0 Å². The first-order chi connectivity index (χ1) is 13.0. The van der Waals surface area contributed by atoms with E-state index in [1.165, 1.54) is 0 Å². The molecule has 7 heteroatoms. The molecule has 146 valence electrons. The van der Waals surface area contributed by atoms with Crippen molar-refractivity contribution in [3.63, 3.8) is 0 Å². The number of anilines is 1. The van der Waals surface area contributed by atoms with Gasteiger partial charge in [-0.3, -0.25) is 9.59 Å². The molecule has 1 aliphatic heterocycles. The molecule has 2 amide bonds. The van der Waals surface area contributed by atoms with E-state index in [0.29, 0.717) is 24.9 Å². The first-order valence-corrected chi connectivity index (χ1v) is 10.2. The number of nitrogens with one attached hydrogen (secondary N) is 1. The van der Waals surface area contributed by atoms with E-state index in [1.807, 2.05) is 29.2 Å². The second-order valence-corrected chi connectivity index (χ2v) is 8.43. The van der Waals surface area contributed by atoms with Crippen LogP contribution in [0.2, 0.25) is 5.02 Å². The van der Waals surface area contributed by atoms with Crippen LogP contribution in [0.25, 0.3) is 0 Å². The summed E-state index contributed by atoms with van der Waals surface area (Å²) in [5.41, 5.74) is 7.34. The monoisotopic (exact) mass is 390 g/mol. The summed E-state index contributed by atoms with van der Waals surface area (Å²) in [5, 5.41) is 3.57. The van der Waals surface area contributed by atoms with Crippen LogP contribution in [0, 0.1) is 17.8 Å². The quantitative estimate of drug-likeness (QED) is 0.816. The third-order valence-electron chi connectivity index (χ3n) is 6.52. The molecule has 0 aromatic heterocycles. The number of benzene rings is 1. The van der Waals surface area contributed by atoms with Crippen LogP contribution >= 0.6 is 11.6 Å². The minimum absolute atomic E-state index is 0.0177. The summed E-state index contributed by atoms with van der Waals surface area (Å²) in [6, 6.07) is 7.72. The number of piperazine rings is 1. The van der Waals surface area contributed by atoms with E-state index < -0.39 is 0 Å². The van der Waals surface area contributed by atoms with Gasteiger partial charge < -0.3 is 20.9 Å². The molecule has 3 aliphatic rings. The molecule has 1 aromatic rings. The van der Waals surface area contributed by atoms with Gasteiger partial charge in [0.15, 0.2) is 0 Å². The topological polar surface area (TPSA) is 78.7 Å². The summed E-state index contributed by atoms with van der Waals surface area (Å²) in [5.74, 6) is 0.724. The Morgan fingerprint density at radius 1 is 1.07 bits per heavy atom. The number of nitrogens with two attached hydrogens (primary N) is 1. The molecule has 0 spiro atoms. The lowest BCUT2D eigenvalue weighted by atomic mass is 9.84. The summed E-state index contributed by atoms with van der Waals surface area (Å²) >= 11 is 5.94. The number of carbonyl (C=O) groups excluding carboxylic acids is 2. The van der Waals surface area contributed by atoms with Gasteiger partial charge in [-0.25, -0.2) is 0 Å². The second kappa shape index (κ2) is 7.68. The number of rotatable bonds is 4. The van der Waals surface area contributed by atoms with Gasteiger partial charge >= 0.3 is 0 Å². The summed E-state index contributed by atoms with van der Waals surface area (Å²) < 4.78 is 0. The van der Waals surface area contributed by atoms with Crippen LogP contribution in [0.5, 0.6) is 0 Å². The number of fused-ring (bicyclic) bond motifs is 2. The highest BCUT2D eigenvalue weighted by Crippen LogP contribution is 2.47. The normalized spacial score (nSPS) is 29.9. The SMILES string of the molecule is NC1C2CCC(C2)C1C(=O)NCC(=O)N1CCN(c2ccc(Cl)cc2)CC1. The minimum atomic E-state index is -0.113. The molecular weight excluding hydrogens is 364 g/mol. The van der Waals surface area contributed by atoms with Crippen molar-refractivity contribution < 1.29 is 9.59 Å². The first-order valence-electron chi connectivity index (χ1n) is 9.84. The van der Waals surface area contributed by atoms with Gasteiger partial charge in [-0.1, -0.05) is 11.6 Å². The van der Waals surface area contributed by atoms with Crippen molar-refractivity contribution in [2.24, 2.45) is 23.5 Å². The van der Waals surface area contributed by atoms with Crippen LogP contribution in [-0.2, 0) is 9.59 Å². The third-order valence-corrected chi connectivity index (χ3v) is 6.77. The lowest BCUT2D eigenvalue weighted by Crippen LogP contribution is -2.52. The fourth-order valence-electron chi connectivity index (χ4n) is 4.98. The summed E-state index contributed by atoms with van der Waals surface area (Å²) in [6.45, 7) is 2.94. The largest absolute Gasteiger partial charge is 0.368 e. The molecule has 3 fully saturated rings. The highest BCUT2D eigenvalue weighted by Gasteiger charge is 2.49. The van der Waals surface area contributed by atoms with E-state index in [4.69, 9.17) is 17.3 Å². The molecule has 2 bridgehead atoms. The van der Waals surface area contributed by atoms with Crippen molar-refractivity contribution in [3.8, 4) is 0 Å². The van der Waals surface area contributed by atoms with Gasteiger partial charge in [-0.15, -0.1) is 0 Å². The van der Waals surface area contributed by atoms with Crippen LogP contribution in [0.3, 0.4) is 0 Å². The van der Waals surface area contributed by atoms with E-state index in [2.05, 4.69) is 10.2 Å². The Balaban J connectivity index is 1.24. The maximum Gasteiger partial charge on any atom is 0.242 e. The van der Waals surface area contributed by atoms with Crippen molar-refractivity contribution >= 4 is 29.1 Å². The highest BCUT2D eigenvalue weighted by atomic mass is 35.5. The van der Waals surface area contributed by atoms with Crippen LogP contribution in [0.4, 0.5) is 5.69 Å². The van der Waals surface area contributed by atoms with Gasteiger partial charge in [0.1, 0.15) is 0 Å². The molecule has 1 saturated heterocycles. The zero-order valence-electron chi connectivity index (χ0n) is 15.4. The maximum atomic E-state index is 12.5. The van der Waals surface area contributed by atoms with Gasteiger partial charge in [0, 0.05) is 42.9 Å². The van der Waals surface area contributed by atoms with E-state index in [-0.39, 0.29) is 30.3 Å². The van der Waals surface area contributed by atoms with E-state index in [1.54, 1.807) is 0 Å². The Hall–Kier alpha value is -1.79. The van der Waals surface area contributed by atoms with Gasteiger partial charge in [-0.2, -0.15) is 0 Å². The molecule has 3 N–H and O–H groups in total. The fourth-order valence-corrected chi connectivity index (χ4v) is 5.11. The van der Waals surface area contributed by atoms with Crippen LogP contribution in [0.1, 0.15) is 19.3 Å². The predicted molar refractivity (Wildman–Crippen MR) is 106 cm³/mol. The Labute approximate surface area is 165 Å². The Morgan fingerprint density at radius 2 is 1.74 bits per heavy atom. The van der Waals surface area contributed by atoms with E-state index >= 15 is 0 Å². The molecular formula is C20H27ClN4O2.